The summed E-state index contributed by atoms with van der Waals surface area (Å²) in [6.45, 7) is 0.124. The van der Waals surface area contributed by atoms with Crippen molar-refractivity contribution in [2.45, 2.75) is 0 Å². The third-order valence-corrected chi connectivity index (χ3v) is 1.65. The number of hydrogen-bond acceptors (Lipinski definition) is 3. The summed E-state index contributed by atoms with van der Waals surface area (Å²) in [7, 11) is 0. The average molecular weight is 190 g/mol. The van der Waals surface area contributed by atoms with Gasteiger partial charge in [-0.15, -0.1) is 0 Å². The van der Waals surface area contributed by atoms with Crippen molar-refractivity contribution in [3.05, 3.63) is 35.4 Å². The second-order valence-corrected chi connectivity index (χ2v) is 2.67. The van der Waals surface area contributed by atoms with E-state index >= 15 is 0 Å². The molecule has 1 aromatic rings. The minimum absolute atomic E-state index is 0.0936. The molecule has 0 aliphatic carbocycles. The Morgan fingerprint density at radius 3 is 3.00 bits per heavy atom. The molecule has 0 saturated carbocycles. The lowest BCUT2D eigenvalue weighted by Crippen LogP contribution is -2.26. The normalized spacial score (nSPS) is 9.14. The summed E-state index contributed by atoms with van der Waals surface area (Å²) in [6, 6.07) is 8.35. The summed E-state index contributed by atoms with van der Waals surface area (Å²) in [5.41, 5.74) is 0.874. The number of amides is 1. The quantitative estimate of drug-likeness (QED) is 0.719. The van der Waals surface area contributed by atoms with Crippen LogP contribution in [0.5, 0.6) is 0 Å². The Balaban J connectivity index is 2.75. The van der Waals surface area contributed by atoms with Gasteiger partial charge in [0.2, 0.25) is 0 Å². The molecule has 1 aromatic carbocycles. The smallest absolute Gasteiger partial charge is 0.251 e. The number of hydrogen-bond donors (Lipinski definition) is 2. The van der Waals surface area contributed by atoms with Gasteiger partial charge in [0, 0.05) is 12.1 Å². The van der Waals surface area contributed by atoms with E-state index in [4.69, 9.17) is 10.4 Å². The topological polar surface area (TPSA) is 73.1 Å². The Bertz CT molecular complexity index is 369. The van der Waals surface area contributed by atoms with Gasteiger partial charge < -0.3 is 10.4 Å². The molecule has 4 nitrogen and oxygen atoms in total. The van der Waals surface area contributed by atoms with Crippen LogP contribution in [0.2, 0.25) is 0 Å². The first-order chi connectivity index (χ1) is 6.77. The van der Waals surface area contributed by atoms with E-state index in [0.717, 1.165) is 0 Å². The first-order valence-electron chi connectivity index (χ1n) is 4.17. The fraction of sp³-hybridized carbons (Fsp3) is 0.200. The van der Waals surface area contributed by atoms with Crippen LogP contribution in [0.4, 0.5) is 0 Å². The molecule has 0 heterocycles. The third-order valence-electron chi connectivity index (χ3n) is 1.65. The predicted octanol–water partition coefficient (Wildman–Crippen LogP) is 0.280. The van der Waals surface area contributed by atoms with Crippen LogP contribution in [0.25, 0.3) is 0 Å². The Labute approximate surface area is 81.8 Å². The monoisotopic (exact) mass is 190 g/mol. The number of carbonyl (C=O) groups excluding carboxylic acids is 1. The van der Waals surface area contributed by atoms with Gasteiger partial charge in [-0.25, -0.2) is 0 Å². The summed E-state index contributed by atoms with van der Waals surface area (Å²) < 4.78 is 0. The van der Waals surface area contributed by atoms with Crippen molar-refractivity contribution in [2.24, 2.45) is 0 Å². The van der Waals surface area contributed by atoms with Gasteiger partial charge in [0.05, 0.1) is 18.2 Å². The number of carbonyl (C=O) groups is 1. The highest BCUT2D eigenvalue weighted by atomic mass is 16.3. The van der Waals surface area contributed by atoms with Crippen LogP contribution in [0.3, 0.4) is 0 Å². The van der Waals surface area contributed by atoms with E-state index in [9.17, 15) is 4.79 Å². The number of rotatable bonds is 3. The lowest BCUT2D eigenvalue weighted by molar-refractivity contribution is 0.0945. The predicted molar refractivity (Wildman–Crippen MR) is 50.6 cm³/mol. The Morgan fingerprint density at radius 2 is 2.36 bits per heavy atom. The Kier molecular flexibility index (Phi) is 3.65. The molecule has 0 fully saturated rings. The molecule has 0 atom stereocenters. The SMILES string of the molecule is N#Cc1cccc(C(=O)NCCO)c1. The van der Waals surface area contributed by atoms with Gasteiger partial charge in [0.25, 0.3) is 5.91 Å². The number of nitrogens with zero attached hydrogens (tertiary/aromatic N) is 1. The van der Waals surface area contributed by atoms with Crippen LogP contribution in [0.1, 0.15) is 15.9 Å². The van der Waals surface area contributed by atoms with Gasteiger partial charge >= 0.3 is 0 Å². The summed E-state index contributed by atoms with van der Waals surface area (Å²) in [6.07, 6.45) is 0. The minimum atomic E-state index is -0.281. The molecule has 0 aliphatic heterocycles. The van der Waals surface area contributed by atoms with Crippen molar-refractivity contribution in [3.8, 4) is 6.07 Å². The van der Waals surface area contributed by atoms with Crippen LogP contribution < -0.4 is 5.32 Å². The molecule has 1 amide bonds. The number of benzene rings is 1. The molecular weight excluding hydrogens is 180 g/mol. The molecule has 14 heavy (non-hydrogen) atoms. The molecular formula is C10H10N2O2. The summed E-state index contributed by atoms with van der Waals surface area (Å²) in [5.74, 6) is -0.281. The van der Waals surface area contributed by atoms with E-state index in [0.29, 0.717) is 11.1 Å². The molecule has 0 aliphatic rings. The van der Waals surface area contributed by atoms with Gasteiger partial charge in [0.15, 0.2) is 0 Å². The van der Waals surface area contributed by atoms with Crippen molar-refractivity contribution >= 4 is 5.91 Å². The number of nitriles is 1. The van der Waals surface area contributed by atoms with Gasteiger partial charge in [-0.05, 0) is 18.2 Å². The molecule has 0 bridgehead atoms. The summed E-state index contributed by atoms with van der Waals surface area (Å²) in [4.78, 5) is 11.3. The second-order valence-electron chi connectivity index (χ2n) is 2.67. The first-order valence-corrected chi connectivity index (χ1v) is 4.17. The van der Waals surface area contributed by atoms with Gasteiger partial charge in [-0.2, -0.15) is 5.26 Å². The van der Waals surface area contributed by atoms with Crippen molar-refractivity contribution in [2.75, 3.05) is 13.2 Å². The van der Waals surface area contributed by atoms with E-state index < -0.39 is 0 Å². The highest BCUT2D eigenvalue weighted by molar-refractivity contribution is 5.94. The maximum Gasteiger partial charge on any atom is 0.251 e. The molecule has 0 spiro atoms. The van der Waals surface area contributed by atoms with Crippen LogP contribution in [-0.2, 0) is 0 Å². The maximum absolute atomic E-state index is 11.3. The average Bonchev–Trinajstić information content (AvgIpc) is 2.26. The molecule has 2 N–H and O–H groups in total. The zero-order valence-electron chi connectivity index (χ0n) is 7.53. The number of aliphatic hydroxyl groups excluding tert-OH is 1. The van der Waals surface area contributed by atoms with Crippen molar-refractivity contribution < 1.29 is 9.90 Å². The molecule has 0 saturated heterocycles. The standard InChI is InChI=1S/C10H10N2O2/c11-7-8-2-1-3-9(6-8)10(14)12-4-5-13/h1-3,6,13H,4-5H2,(H,12,14). The van der Waals surface area contributed by atoms with E-state index in [1.165, 1.54) is 6.07 Å². The van der Waals surface area contributed by atoms with Crippen molar-refractivity contribution in [1.29, 1.82) is 5.26 Å². The summed E-state index contributed by atoms with van der Waals surface area (Å²) >= 11 is 0. The van der Waals surface area contributed by atoms with E-state index in [-0.39, 0.29) is 19.1 Å². The zero-order valence-corrected chi connectivity index (χ0v) is 7.53. The second kappa shape index (κ2) is 5.00. The zero-order chi connectivity index (χ0) is 10.4. The molecule has 4 heteroatoms. The van der Waals surface area contributed by atoms with Crippen molar-refractivity contribution in [3.63, 3.8) is 0 Å². The lowest BCUT2D eigenvalue weighted by Gasteiger charge is -2.02. The molecule has 0 unspecified atom stereocenters. The van der Waals surface area contributed by atoms with Gasteiger partial charge in [0.1, 0.15) is 0 Å². The highest BCUT2D eigenvalue weighted by Gasteiger charge is 2.04. The van der Waals surface area contributed by atoms with E-state index in [1.54, 1.807) is 18.2 Å². The fourth-order valence-electron chi connectivity index (χ4n) is 1.00. The molecule has 72 valence electrons. The molecule has 1 rings (SSSR count). The largest absolute Gasteiger partial charge is 0.395 e. The van der Waals surface area contributed by atoms with Crippen LogP contribution in [0.15, 0.2) is 24.3 Å². The molecule has 0 radical (unpaired) electrons. The number of nitrogens with one attached hydrogen (secondary N) is 1. The Morgan fingerprint density at radius 1 is 1.57 bits per heavy atom. The third kappa shape index (κ3) is 2.57. The van der Waals surface area contributed by atoms with Crippen molar-refractivity contribution in [1.82, 2.24) is 5.32 Å². The van der Waals surface area contributed by atoms with Crippen LogP contribution in [-0.4, -0.2) is 24.2 Å². The van der Waals surface area contributed by atoms with Crippen LogP contribution in [0, 0.1) is 11.3 Å². The highest BCUT2D eigenvalue weighted by Crippen LogP contribution is 2.03. The van der Waals surface area contributed by atoms with E-state index in [1.807, 2.05) is 6.07 Å². The number of aliphatic hydroxyl groups is 1. The van der Waals surface area contributed by atoms with Gasteiger partial charge in [-0.3, -0.25) is 4.79 Å². The van der Waals surface area contributed by atoms with Crippen LogP contribution >= 0.6 is 0 Å². The van der Waals surface area contributed by atoms with E-state index in [2.05, 4.69) is 5.32 Å². The fourth-order valence-corrected chi connectivity index (χ4v) is 1.00. The first kappa shape index (κ1) is 10.2. The summed E-state index contributed by atoms with van der Waals surface area (Å²) in [5, 5.41) is 19.6. The lowest BCUT2D eigenvalue weighted by atomic mass is 10.1. The molecule has 0 aromatic heterocycles. The van der Waals surface area contributed by atoms with Gasteiger partial charge in [-0.1, -0.05) is 6.07 Å². The maximum atomic E-state index is 11.3. The minimum Gasteiger partial charge on any atom is -0.395 e. The Hall–Kier alpha value is -1.86.